The van der Waals surface area contributed by atoms with Crippen LogP contribution in [-0.4, -0.2) is 20.5 Å². The molecule has 0 unspecified atom stereocenters. The van der Waals surface area contributed by atoms with E-state index in [0.29, 0.717) is 16.4 Å². The van der Waals surface area contributed by atoms with Crippen molar-refractivity contribution in [2.75, 3.05) is 0 Å². The van der Waals surface area contributed by atoms with Gasteiger partial charge in [0.1, 0.15) is 11.3 Å². The summed E-state index contributed by atoms with van der Waals surface area (Å²) in [5.41, 5.74) is 2.91. The molecule has 4 nitrogen and oxygen atoms in total. The number of aryl methyl sites for hydroxylation is 1. The van der Waals surface area contributed by atoms with Gasteiger partial charge in [-0.05, 0) is 30.7 Å². The number of benzene rings is 1. The minimum Gasteiger partial charge on any atom is -0.476 e. The molecule has 0 fully saturated rings. The molecule has 20 heavy (non-hydrogen) atoms. The summed E-state index contributed by atoms with van der Waals surface area (Å²) in [6.07, 6.45) is 1.77. The lowest BCUT2D eigenvalue weighted by Gasteiger charge is -2.01. The van der Waals surface area contributed by atoms with E-state index in [1.807, 2.05) is 13.0 Å². The third kappa shape index (κ3) is 2.04. The molecule has 1 aromatic carbocycles. The van der Waals surface area contributed by atoms with Crippen molar-refractivity contribution in [1.29, 1.82) is 0 Å². The Labute approximate surface area is 120 Å². The van der Waals surface area contributed by atoms with Crippen LogP contribution < -0.4 is 0 Å². The van der Waals surface area contributed by atoms with Crippen molar-refractivity contribution >= 4 is 23.2 Å². The van der Waals surface area contributed by atoms with Crippen LogP contribution in [0.4, 0.5) is 0 Å². The minimum absolute atomic E-state index is 0.158. The van der Waals surface area contributed by atoms with E-state index in [1.54, 1.807) is 40.9 Å². The van der Waals surface area contributed by atoms with E-state index in [1.165, 1.54) is 0 Å². The first-order chi connectivity index (χ1) is 9.56. The summed E-state index contributed by atoms with van der Waals surface area (Å²) < 4.78 is 1.60. The number of carbonyl (C=O) groups is 1. The molecule has 3 rings (SSSR count). The number of halogens is 1. The normalized spacial score (nSPS) is 10.9. The number of nitrogens with zero attached hydrogens (tertiary/aromatic N) is 2. The van der Waals surface area contributed by atoms with Crippen molar-refractivity contribution in [3.8, 4) is 11.3 Å². The highest BCUT2D eigenvalue weighted by atomic mass is 35.5. The molecule has 2 aromatic heterocycles. The maximum atomic E-state index is 11.6. The van der Waals surface area contributed by atoms with E-state index in [4.69, 9.17) is 11.6 Å². The predicted octanol–water partition coefficient (Wildman–Crippen LogP) is 3.66. The molecule has 0 bridgehead atoms. The first-order valence-electron chi connectivity index (χ1n) is 6.04. The molecule has 0 aliphatic heterocycles. The van der Waals surface area contributed by atoms with Gasteiger partial charge in [-0.3, -0.25) is 4.40 Å². The largest absolute Gasteiger partial charge is 0.476 e. The Bertz CT molecular complexity index is 807. The van der Waals surface area contributed by atoms with Gasteiger partial charge in [-0.25, -0.2) is 9.78 Å². The number of aromatic carboxylic acids is 1. The highest BCUT2D eigenvalue weighted by molar-refractivity contribution is 6.30. The Morgan fingerprint density at radius 3 is 2.55 bits per heavy atom. The van der Waals surface area contributed by atoms with Gasteiger partial charge in [-0.15, -0.1) is 0 Å². The Kier molecular flexibility index (Phi) is 2.95. The van der Waals surface area contributed by atoms with Crippen molar-refractivity contribution in [3.63, 3.8) is 0 Å². The number of hydrogen-bond acceptors (Lipinski definition) is 2. The number of carboxylic acid groups (broad SMARTS) is 1. The number of rotatable bonds is 2. The van der Waals surface area contributed by atoms with Crippen LogP contribution in [0.3, 0.4) is 0 Å². The van der Waals surface area contributed by atoms with Crippen molar-refractivity contribution in [1.82, 2.24) is 9.38 Å². The molecule has 0 atom stereocenters. The number of fused-ring (bicyclic) bond motifs is 1. The fourth-order valence-electron chi connectivity index (χ4n) is 2.16. The number of carboxylic acids is 1. The second kappa shape index (κ2) is 4.65. The third-order valence-electron chi connectivity index (χ3n) is 3.09. The quantitative estimate of drug-likeness (QED) is 0.782. The van der Waals surface area contributed by atoms with Crippen LogP contribution in [0.15, 0.2) is 42.6 Å². The second-order valence-corrected chi connectivity index (χ2v) is 4.99. The first-order valence-corrected chi connectivity index (χ1v) is 6.42. The van der Waals surface area contributed by atoms with Crippen LogP contribution in [0.1, 0.15) is 16.1 Å². The number of hydrogen-bond donors (Lipinski definition) is 1. The summed E-state index contributed by atoms with van der Waals surface area (Å²) >= 11 is 5.86. The van der Waals surface area contributed by atoms with Crippen molar-refractivity contribution < 1.29 is 9.90 Å². The van der Waals surface area contributed by atoms with Crippen molar-refractivity contribution in [2.45, 2.75) is 6.92 Å². The second-order valence-electron chi connectivity index (χ2n) is 4.56. The minimum atomic E-state index is -1.01. The fourth-order valence-corrected chi connectivity index (χ4v) is 2.29. The molecule has 1 N–H and O–H groups in total. The molecule has 5 heteroatoms. The predicted molar refractivity (Wildman–Crippen MR) is 77.3 cm³/mol. The maximum absolute atomic E-state index is 11.6. The summed E-state index contributed by atoms with van der Waals surface area (Å²) in [5.74, 6) is -1.01. The van der Waals surface area contributed by atoms with Gasteiger partial charge in [-0.1, -0.05) is 29.8 Å². The molecular formula is C15H11ClN2O2. The lowest BCUT2D eigenvalue weighted by Crippen LogP contribution is -2.03. The van der Waals surface area contributed by atoms with Gasteiger partial charge < -0.3 is 5.11 Å². The van der Waals surface area contributed by atoms with Crippen LogP contribution in [0.5, 0.6) is 0 Å². The zero-order valence-electron chi connectivity index (χ0n) is 10.7. The van der Waals surface area contributed by atoms with Crippen LogP contribution in [0.25, 0.3) is 16.9 Å². The first kappa shape index (κ1) is 12.7. The van der Waals surface area contributed by atoms with Gasteiger partial charge in [0.2, 0.25) is 0 Å². The number of imidazole rings is 1. The molecular weight excluding hydrogens is 276 g/mol. The highest BCUT2D eigenvalue weighted by Crippen LogP contribution is 2.26. The van der Waals surface area contributed by atoms with Crippen LogP contribution in [0.2, 0.25) is 5.02 Å². The molecule has 0 radical (unpaired) electrons. The molecule has 100 valence electrons. The average Bonchev–Trinajstić information content (AvgIpc) is 2.78. The summed E-state index contributed by atoms with van der Waals surface area (Å²) in [5, 5.41) is 10.1. The van der Waals surface area contributed by atoms with Crippen LogP contribution in [-0.2, 0) is 0 Å². The summed E-state index contributed by atoms with van der Waals surface area (Å²) in [6, 6.07) is 10.7. The van der Waals surface area contributed by atoms with Crippen molar-refractivity contribution in [2.24, 2.45) is 0 Å². The lowest BCUT2D eigenvalue weighted by molar-refractivity contribution is 0.0690. The molecule has 2 heterocycles. The van der Waals surface area contributed by atoms with E-state index in [9.17, 15) is 9.90 Å². The topological polar surface area (TPSA) is 54.6 Å². The van der Waals surface area contributed by atoms with Gasteiger partial charge in [0.25, 0.3) is 0 Å². The Morgan fingerprint density at radius 2 is 1.90 bits per heavy atom. The Morgan fingerprint density at radius 1 is 1.20 bits per heavy atom. The lowest BCUT2D eigenvalue weighted by atomic mass is 10.1. The number of aromatic nitrogens is 2. The van der Waals surface area contributed by atoms with Crippen LogP contribution in [0, 0.1) is 6.92 Å². The molecule has 0 saturated heterocycles. The van der Waals surface area contributed by atoms with Gasteiger partial charge in [0, 0.05) is 16.8 Å². The van der Waals surface area contributed by atoms with Crippen LogP contribution >= 0.6 is 11.6 Å². The monoisotopic (exact) mass is 286 g/mol. The smallest absolute Gasteiger partial charge is 0.355 e. The van der Waals surface area contributed by atoms with Gasteiger partial charge >= 0.3 is 5.97 Å². The van der Waals surface area contributed by atoms with E-state index < -0.39 is 5.97 Å². The molecule has 0 spiro atoms. The molecule has 0 amide bonds. The van der Waals surface area contributed by atoms with Gasteiger partial charge in [0.15, 0.2) is 5.69 Å². The maximum Gasteiger partial charge on any atom is 0.355 e. The SMILES string of the molecule is Cc1ccc2nc(-c3ccc(Cl)cc3)c(C(=O)O)n2c1. The van der Waals surface area contributed by atoms with E-state index in [-0.39, 0.29) is 5.69 Å². The zero-order valence-corrected chi connectivity index (χ0v) is 11.4. The summed E-state index contributed by atoms with van der Waals surface area (Å²) in [7, 11) is 0. The highest BCUT2D eigenvalue weighted by Gasteiger charge is 2.19. The zero-order chi connectivity index (χ0) is 14.3. The van der Waals surface area contributed by atoms with Gasteiger partial charge in [-0.2, -0.15) is 0 Å². The average molecular weight is 287 g/mol. The third-order valence-corrected chi connectivity index (χ3v) is 3.34. The standard InChI is InChI=1S/C15H11ClN2O2/c1-9-2-7-12-17-13(10-3-5-11(16)6-4-10)14(15(19)20)18(12)8-9/h2-8H,1H3,(H,19,20). The van der Waals surface area contributed by atoms with E-state index in [2.05, 4.69) is 4.98 Å². The molecule has 0 aliphatic carbocycles. The van der Waals surface area contributed by atoms with Crippen molar-refractivity contribution in [3.05, 3.63) is 58.9 Å². The van der Waals surface area contributed by atoms with Gasteiger partial charge in [0.05, 0.1) is 0 Å². The summed E-state index contributed by atoms with van der Waals surface area (Å²) in [4.78, 5) is 16.0. The fraction of sp³-hybridized carbons (Fsp3) is 0.0667. The Balaban J connectivity index is 2.32. The molecule has 3 aromatic rings. The Hall–Kier alpha value is -2.33. The molecule has 0 saturated carbocycles. The number of pyridine rings is 1. The summed E-state index contributed by atoms with van der Waals surface area (Å²) in [6.45, 7) is 1.91. The van der Waals surface area contributed by atoms with E-state index >= 15 is 0 Å². The molecule has 0 aliphatic rings. The van der Waals surface area contributed by atoms with E-state index in [0.717, 1.165) is 11.1 Å².